The molecule has 3 nitrogen and oxygen atoms in total. The Labute approximate surface area is 139 Å². The summed E-state index contributed by atoms with van der Waals surface area (Å²) in [6.07, 6.45) is 17.3. The molecule has 1 heterocycles. The zero-order valence-electron chi connectivity index (χ0n) is 14.0. The number of benzene rings is 1. The van der Waals surface area contributed by atoms with E-state index in [0.717, 1.165) is 31.7 Å². The number of nitrogens with zero attached hydrogens (tertiary/aromatic N) is 2. The van der Waals surface area contributed by atoms with Crippen LogP contribution in [0.3, 0.4) is 0 Å². The van der Waals surface area contributed by atoms with Crippen LogP contribution in [0.15, 0.2) is 36.9 Å². The van der Waals surface area contributed by atoms with Gasteiger partial charge in [0.2, 0.25) is 0 Å². The zero-order chi connectivity index (χ0) is 15.9. The van der Waals surface area contributed by atoms with Crippen molar-refractivity contribution in [3.63, 3.8) is 0 Å². The smallest absolute Gasteiger partial charge is 0.122 e. The summed E-state index contributed by atoms with van der Waals surface area (Å²) in [7, 11) is 0. The molecule has 0 N–H and O–H groups in total. The van der Waals surface area contributed by atoms with Crippen molar-refractivity contribution in [3.8, 4) is 5.75 Å². The zero-order valence-corrected chi connectivity index (χ0v) is 14.0. The van der Waals surface area contributed by atoms with Crippen molar-refractivity contribution in [2.24, 2.45) is 0 Å². The van der Waals surface area contributed by atoms with Gasteiger partial charge in [-0.25, -0.2) is 4.98 Å². The predicted octanol–water partition coefficient (Wildman–Crippen LogP) is 4.65. The minimum atomic E-state index is 0.832. The van der Waals surface area contributed by atoms with Crippen LogP contribution in [0, 0.1) is 0 Å². The van der Waals surface area contributed by atoms with Crippen molar-refractivity contribution >= 4 is 6.08 Å². The van der Waals surface area contributed by atoms with Crippen molar-refractivity contribution in [3.05, 3.63) is 53.6 Å². The van der Waals surface area contributed by atoms with Crippen LogP contribution in [0.4, 0.5) is 0 Å². The van der Waals surface area contributed by atoms with Gasteiger partial charge < -0.3 is 9.30 Å². The summed E-state index contributed by atoms with van der Waals surface area (Å²) in [6.45, 7) is 3.90. The van der Waals surface area contributed by atoms with E-state index in [9.17, 15) is 0 Å². The van der Waals surface area contributed by atoms with E-state index in [4.69, 9.17) is 4.74 Å². The maximum absolute atomic E-state index is 6.03. The highest BCUT2D eigenvalue weighted by atomic mass is 16.5. The molecule has 0 atom stereocenters. The fraction of sp³-hybridized carbons (Fsp3) is 0.450. The van der Waals surface area contributed by atoms with E-state index in [2.05, 4.69) is 40.8 Å². The molecule has 0 radical (unpaired) electrons. The minimum Gasteiger partial charge on any atom is -0.493 e. The molecule has 0 saturated heterocycles. The second-order valence-corrected chi connectivity index (χ2v) is 6.18. The predicted molar refractivity (Wildman–Crippen MR) is 94.7 cm³/mol. The first-order valence-electron chi connectivity index (χ1n) is 8.78. The first kappa shape index (κ1) is 15.9. The van der Waals surface area contributed by atoms with Gasteiger partial charge in [-0.1, -0.05) is 31.6 Å². The lowest BCUT2D eigenvalue weighted by molar-refractivity contribution is 0.305. The summed E-state index contributed by atoms with van der Waals surface area (Å²) >= 11 is 0. The molecular formula is C20H26N2O. The van der Waals surface area contributed by atoms with Gasteiger partial charge in [0.25, 0.3) is 0 Å². The SMILES string of the molecule is CCCCOc1ccc(/C=C/Cn2ccnc2)c2c1CCCC2. The number of rotatable bonds is 7. The van der Waals surface area contributed by atoms with E-state index in [0.29, 0.717) is 0 Å². The van der Waals surface area contributed by atoms with E-state index < -0.39 is 0 Å². The lowest BCUT2D eigenvalue weighted by atomic mass is 9.87. The van der Waals surface area contributed by atoms with Gasteiger partial charge in [-0.05, 0) is 54.9 Å². The highest BCUT2D eigenvalue weighted by Crippen LogP contribution is 2.33. The number of allylic oxidation sites excluding steroid dienone is 1. The Morgan fingerprint density at radius 3 is 2.87 bits per heavy atom. The average Bonchev–Trinajstić information content (AvgIpc) is 3.10. The molecule has 0 spiro atoms. The number of aromatic nitrogens is 2. The first-order chi connectivity index (χ1) is 11.4. The van der Waals surface area contributed by atoms with Crippen LogP contribution in [0.25, 0.3) is 6.08 Å². The van der Waals surface area contributed by atoms with Gasteiger partial charge in [0.05, 0.1) is 12.9 Å². The van der Waals surface area contributed by atoms with Gasteiger partial charge in [-0.15, -0.1) is 0 Å². The van der Waals surface area contributed by atoms with Gasteiger partial charge in [0.15, 0.2) is 0 Å². The monoisotopic (exact) mass is 310 g/mol. The van der Waals surface area contributed by atoms with E-state index >= 15 is 0 Å². The van der Waals surface area contributed by atoms with Crippen molar-refractivity contribution in [2.45, 2.75) is 52.0 Å². The second kappa shape index (κ2) is 8.00. The quantitative estimate of drug-likeness (QED) is 0.696. The highest BCUT2D eigenvalue weighted by Gasteiger charge is 2.16. The van der Waals surface area contributed by atoms with E-state index in [1.165, 1.54) is 42.4 Å². The third kappa shape index (κ3) is 4.04. The number of fused-ring (bicyclic) bond motifs is 1. The molecule has 3 rings (SSSR count). The molecule has 0 fully saturated rings. The summed E-state index contributed by atoms with van der Waals surface area (Å²) in [6, 6.07) is 4.38. The molecule has 0 unspecified atom stereocenters. The molecule has 1 aromatic heterocycles. The maximum atomic E-state index is 6.03. The Kier molecular flexibility index (Phi) is 5.51. The largest absolute Gasteiger partial charge is 0.493 e. The number of ether oxygens (including phenoxy) is 1. The Hall–Kier alpha value is -2.03. The lowest BCUT2D eigenvalue weighted by Crippen LogP contribution is -2.09. The maximum Gasteiger partial charge on any atom is 0.122 e. The topological polar surface area (TPSA) is 27.1 Å². The normalized spacial score (nSPS) is 14.1. The summed E-state index contributed by atoms with van der Waals surface area (Å²) in [4.78, 5) is 4.08. The first-order valence-corrected chi connectivity index (χ1v) is 8.78. The second-order valence-electron chi connectivity index (χ2n) is 6.18. The molecule has 0 amide bonds. The van der Waals surface area contributed by atoms with Gasteiger partial charge in [-0.2, -0.15) is 0 Å². The van der Waals surface area contributed by atoms with Crippen molar-refractivity contribution in [1.29, 1.82) is 0 Å². The molecule has 3 heteroatoms. The van der Waals surface area contributed by atoms with Gasteiger partial charge >= 0.3 is 0 Å². The summed E-state index contributed by atoms with van der Waals surface area (Å²) in [5, 5.41) is 0. The van der Waals surface area contributed by atoms with Crippen LogP contribution < -0.4 is 4.74 Å². The highest BCUT2D eigenvalue weighted by molar-refractivity contribution is 5.60. The average molecular weight is 310 g/mol. The lowest BCUT2D eigenvalue weighted by Gasteiger charge is -2.22. The van der Waals surface area contributed by atoms with Crippen LogP contribution in [0.1, 0.15) is 49.3 Å². The molecule has 2 aromatic rings. The van der Waals surface area contributed by atoms with Crippen LogP contribution in [0.5, 0.6) is 5.75 Å². The molecule has 1 aromatic carbocycles. The van der Waals surface area contributed by atoms with E-state index in [1.54, 1.807) is 0 Å². The van der Waals surface area contributed by atoms with Gasteiger partial charge in [-0.3, -0.25) is 0 Å². The molecule has 23 heavy (non-hydrogen) atoms. The third-order valence-corrected chi connectivity index (χ3v) is 4.46. The molecule has 1 aliphatic rings. The Morgan fingerprint density at radius 2 is 2.09 bits per heavy atom. The van der Waals surface area contributed by atoms with E-state index in [-0.39, 0.29) is 0 Å². The number of unbranched alkanes of at least 4 members (excludes halogenated alkanes) is 1. The van der Waals surface area contributed by atoms with Crippen LogP contribution >= 0.6 is 0 Å². The summed E-state index contributed by atoms with van der Waals surface area (Å²) < 4.78 is 8.10. The molecule has 122 valence electrons. The van der Waals surface area contributed by atoms with Gasteiger partial charge in [0, 0.05) is 18.9 Å². The number of imidazole rings is 1. The fourth-order valence-corrected chi connectivity index (χ4v) is 3.18. The molecule has 1 aliphatic carbocycles. The minimum absolute atomic E-state index is 0.832. The fourth-order valence-electron chi connectivity index (χ4n) is 3.18. The van der Waals surface area contributed by atoms with Crippen molar-refractivity contribution in [2.75, 3.05) is 6.61 Å². The third-order valence-electron chi connectivity index (χ3n) is 4.46. The van der Waals surface area contributed by atoms with Crippen molar-refractivity contribution < 1.29 is 4.74 Å². The summed E-state index contributed by atoms with van der Waals surface area (Å²) in [5.74, 6) is 1.11. The van der Waals surface area contributed by atoms with Crippen LogP contribution in [0.2, 0.25) is 0 Å². The molecule has 0 aliphatic heterocycles. The summed E-state index contributed by atoms with van der Waals surface area (Å²) in [5.41, 5.74) is 4.28. The standard InChI is InChI=1S/C20H26N2O/c1-2-3-15-23-20-11-10-17(18-8-4-5-9-19(18)20)7-6-13-22-14-12-21-16-22/h6-7,10-12,14,16H,2-5,8-9,13,15H2,1H3/b7-6+. The number of hydrogen-bond donors (Lipinski definition) is 0. The number of hydrogen-bond acceptors (Lipinski definition) is 2. The van der Waals surface area contributed by atoms with Gasteiger partial charge in [0.1, 0.15) is 5.75 Å². The molecular weight excluding hydrogens is 284 g/mol. The Bertz CT molecular complexity index is 644. The van der Waals surface area contributed by atoms with Crippen molar-refractivity contribution in [1.82, 2.24) is 9.55 Å². The van der Waals surface area contributed by atoms with Crippen LogP contribution in [-0.4, -0.2) is 16.2 Å². The van der Waals surface area contributed by atoms with Crippen LogP contribution in [-0.2, 0) is 19.4 Å². The Balaban J connectivity index is 1.76. The molecule has 0 saturated carbocycles. The Morgan fingerprint density at radius 1 is 1.22 bits per heavy atom. The molecule has 0 bridgehead atoms. The van der Waals surface area contributed by atoms with E-state index in [1.807, 2.05) is 18.7 Å².